The molecular formula is C35H43F3INO3. The molecule has 3 rings (SSSR count). The normalized spacial score (nSPS) is 12.1. The van der Waals surface area contributed by atoms with Crippen LogP contribution in [0.15, 0.2) is 66.7 Å². The number of unbranched alkanes of at least 4 members (excludes halogenated alkanes) is 9. The molecule has 3 aromatic carbocycles. The predicted molar refractivity (Wildman–Crippen MR) is 177 cm³/mol. The van der Waals surface area contributed by atoms with Crippen molar-refractivity contribution in [1.82, 2.24) is 0 Å². The second kappa shape index (κ2) is 18.1. The molecule has 0 radical (unpaired) electrons. The number of hydrogen-bond donors (Lipinski definition) is 1. The molecule has 0 aliphatic carbocycles. The maximum atomic E-state index is 13.1. The van der Waals surface area contributed by atoms with Crippen LogP contribution in [0.25, 0.3) is 11.1 Å². The fourth-order valence-corrected chi connectivity index (χ4v) is 5.49. The molecule has 0 fully saturated rings. The Labute approximate surface area is 267 Å². The minimum absolute atomic E-state index is 0.0267. The number of amides is 1. The van der Waals surface area contributed by atoms with Crippen molar-refractivity contribution < 1.29 is 27.4 Å². The standard InChI is InChI=1S/C35H43F3INO3/c1-3-4-5-6-7-8-9-10-11-12-16-31(43-34(41)40-29-15-13-14-28(23-29)35(36,37)38)25-42-30-21-22-33(39)32(24-30)27-19-17-26(2)18-20-27/h13-15,17-24,31H,3-12,16,25H2,1-2H3,(H,40,41). The Morgan fingerprint density at radius 1 is 0.860 bits per heavy atom. The topological polar surface area (TPSA) is 47.6 Å². The average Bonchev–Trinajstić information content (AvgIpc) is 2.97. The summed E-state index contributed by atoms with van der Waals surface area (Å²) in [6.07, 6.45) is 6.61. The minimum atomic E-state index is -4.50. The second-order valence-electron chi connectivity index (χ2n) is 11.0. The van der Waals surface area contributed by atoms with E-state index in [0.717, 1.165) is 46.1 Å². The number of carbonyl (C=O) groups is 1. The van der Waals surface area contributed by atoms with Crippen molar-refractivity contribution >= 4 is 34.4 Å². The van der Waals surface area contributed by atoms with Gasteiger partial charge in [-0.25, -0.2) is 4.79 Å². The van der Waals surface area contributed by atoms with Crippen molar-refractivity contribution in [2.45, 2.75) is 96.8 Å². The summed E-state index contributed by atoms with van der Waals surface area (Å²) in [4.78, 5) is 12.7. The predicted octanol–water partition coefficient (Wildman–Crippen LogP) is 11.6. The van der Waals surface area contributed by atoms with Gasteiger partial charge in [0.05, 0.1) is 5.56 Å². The Hall–Kier alpha value is -2.75. The highest BCUT2D eigenvalue weighted by molar-refractivity contribution is 14.1. The molecule has 4 nitrogen and oxygen atoms in total. The van der Waals surface area contributed by atoms with E-state index in [1.165, 1.54) is 62.6 Å². The molecular weight excluding hydrogens is 666 g/mol. The summed E-state index contributed by atoms with van der Waals surface area (Å²) in [5, 5.41) is 2.45. The van der Waals surface area contributed by atoms with Gasteiger partial charge in [0.25, 0.3) is 0 Å². The molecule has 8 heteroatoms. The molecule has 0 heterocycles. The summed E-state index contributed by atoms with van der Waals surface area (Å²) in [6, 6.07) is 18.7. The van der Waals surface area contributed by atoms with E-state index in [-0.39, 0.29) is 12.3 Å². The number of benzene rings is 3. The minimum Gasteiger partial charge on any atom is -0.490 e. The van der Waals surface area contributed by atoms with Gasteiger partial charge in [-0.3, -0.25) is 5.32 Å². The van der Waals surface area contributed by atoms with Gasteiger partial charge in [0.15, 0.2) is 0 Å². The Morgan fingerprint density at radius 2 is 1.51 bits per heavy atom. The molecule has 1 amide bonds. The highest BCUT2D eigenvalue weighted by Gasteiger charge is 2.30. The van der Waals surface area contributed by atoms with Gasteiger partial charge in [-0.15, -0.1) is 0 Å². The first-order valence-corrected chi connectivity index (χ1v) is 16.4. The summed E-state index contributed by atoms with van der Waals surface area (Å²) in [5.74, 6) is 0.658. The van der Waals surface area contributed by atoms with Crippen LogP contribution in [0.4, 0.5) is 23.7 Å². The third-order valence-corrected chi connectivity index (χ3v) is 8.27. The molecule has 0 bridgehead atoms. The van der Waals surface area contributed by atoms with Gasteiger partial charge in [-0.05, 0) is 89.9 Å². The van der Waals surface area contributed by atoms with Crippen LogP contribution in [-0.4, -0.2) is 18.8 Å². The average molecular weight is 710 g/mol. The molecule has 0 aliphatic heterocycles. The Morgan fingerprint density at radius 3 is 2.16 bits per heavy atom. The fraction of sp³-hybridized carbons (Fsp3) is 0.457. The second-order valence-corrected chi connectivity index (χ2v) is 12.2. The number of hydrogen-bond acceptors (Lipinski definition) is 3. The molecule has 1 atom stereocenters. The lowest BCUT2D eigenvalue weighted by Gasteiger charge is -2.20. The Balaban J connectivity index is 1.58. The Kier molecular flexibility index (Phi) is 14.7. The fourth-order valence-electron chi connectivity index (χ4n) is 4.85. The van der Waals surface area contributed by atoms with E-state index in [0.29, 0.717) is 12.2 Å². The zero-order valence-corrected chi connectivity index (χ0v) is 27.3. The van der Waals surface area contributed by atoms with E-state index >= 15 is 0 Å². The van der Waals surface area contributed by atoms with Crippen LogP contribution < -0.4 is 10.1 Å². The van der Waals surface area contributed by atoms with Crippen LogP contribution in [0.3, 0.4) is 0 Å². The first kappa shape index (κ1) is 34.7. The maximum absolute atomic E-state index is 13.1. The SMILES string of the molecule is CCCCCCCCCCCCC(COc1ccc(I)c(-c2ccc(C)cc2)c1)OC(=O)Nc1cccc(C(F)(F)F)c1. The lowest BCUT2D eigenvalue weighted by Crippen LogP contribution is -2.28. The van der Waals surface area contributed by atoms with Crippen LogP contribution in [0.2, 0.25) is 0 Å². The van der Waals surface area contributed by atoms with Crippen molar-refractivity contribution in [2.75, 3.05) is 11.9 Å². The van der Waals surface area contributed by atoms with Crippen LogP contribution >= 0.6 is 22.6 Å². The van der Waals surface area contributed by atoms with E-state index in [9.17, 15) is 18.0 Å². The van der Waals surface area contributed by atoms with Crippen LogP contribution in [-0.2, 0) is 10.9 Å². The summed E-state index contributed by atoms with van der Waals surface area (Å²) in [6.45, 7) is 4.41. The number of anilines is 1. The van der Waals surface area contributed by atoms with Crippen LogP contribution in [0.5, 0.6) is 5.75 Å². The molecule has 0 spiro atoms. The quantitative estimate of drug-likeness (QED) is 0.112. The summed E-state index contributed by atoms with van der Waals surface area (Å²) >= 11 is 2.30. The Bertz CT molecular complexity index is 1260. The highest BCUT2D eigenvalue weighted by Crippen LogP contribution is 2.31. The van der Waals surface area contributed by atoms with E-state index in [1.807, 2.05) is 25.1 Å². The van der Waals surface area contributed by atoms with Gasteiger partial charge in [-0.2, -0.15) is 13.2 Å². The van der Waals surface area contributed by atoms with E-state index in [2.05, 4.69) is 59.1 Å². The molecule has 0 saturated carbocycles. The molecule has 43 heavy (non-hydrogen) atoms. The third kappa shape index (κ3) is 12.8. The van der Waals surface area contributed by atoms with Crippen LogP contribution in [0.1, 0.15) is 88.7 Å². The molecule has 0 saturated heterocycles. The number of carbonyl (C=O) groups excluding carboxylic acids is 1. The van der Waals surface area contributed by atoms with Gasteiger partial charge in [-0.1, -0.05) is 101 Å². The molecule has 0 aromatic heterocycles. The van der Waals surface area contributed by atoms with Crippen molar-refractivity contribution in [3.05, 3.63) is 81.4 Å². The van der Waals surface area contributed by atoms with Crippen molar-refractivity contribution in [3.63, 3.8) is 0 Å². The zero-order valence-electron chi connectivity index (χ0n) is 25.2. The highest BCUT2D eigenvalue weighted by atomic mass is 127. The van der Waals surface area contributed by atoms with E-state index in [4.69, 9.17) is 9.47 Å². The number of halogens is 4. The van der Waals surface area contributed by atoms with Gasteiger partial charge in [0, 0.05) is 9.26 Å². The largest absolute Gasteiger partial charge is 0.490 e. The summed E-state index contributed by atoms with van der Waals surface area (Å²) in [7, 11) is 0. The zero-order chi connectivity index (χ0) is 31.1. The number of rotatable bonds is 17. The molecule has 3 aromatic rings. The number of nitrogens with one attached hydrogen (secondary N) is 1. The van der Waals surface area contributed by atoms with Gasteiger partial charge in [0.2, 0.25) is 0 Å². The lowest BCUT2D eigenvalue weighted by molar-refractivity contribution is -0.137. The first-order chi connectivity index (χ1) is 20.7. The molecule has 1 N–H and O–H groups in total. The van der Waals surface area contributed by atoms with Gasteiger partial charge in [0.1, 0.15) is 18.5 Å². The van der Waals surface area contributed by atoms with Crippen molar-refractivity contribution in [2.24, 2.45) is 0 Å². The smallest absolute Gasteiger partial charge is 0.416 e. The van der Waals surface area contributed by atoms with E-state index in [1.54, 1.807) is 0 Å². The lowest BCUT2D eigenvalue weighted by atomic mass is 10.0. The summed E-state index contributed by atoms with van der Waals surface area (Å²) in [5.41, 5.74) is 2.51. The first-order valence-electron chi connectivity index (χ1n) is 15.3. The molecule has 234 valence electrons. The van der Waals surface area contributed by atoms with Crippen molar-refractivity contribution in [1.29, 1.82) is 0 Å². The molecule has 0 aliphatic rings. The van der Waals surface area contributed by atoms with Crippen LogP contribution in [0, 0.1) is 10.5 Å². The summed E-state index contributed by atoms with van der Waals surface area (Å²) < 4.78 is 52.2. The number of ether oxygens (including phenoxy) is 2. The van der Waals surface area contributed by atoms with E-state index < -0.39 is 23.9 Å². The monoisotopic (exact) mass is 709 g/mol. The maximum Gasteiger partial charge on any atom is 0.416 e. The van der Waals surface area contributed by atoms with Gasteiger partial charge < -0.3 is 9.47 Å². The van der Waals surface area contributed by atoms with Crippen molar-refractivity contribution in [3.8, 4) is 16.9 Å². The number of aryl methyl sites for hydroxylation is 1. The van der Waals surface area contributed by atoms with Gasteiger partial charge >= 0.3 is 12.3 Å². The molecule has 1 unspecified atom stereocenters. The third-order valence-electron chi connectivity index (χ3n) is 7.33. The number of alkyl halides is 3.